The fraction of sp³-hybridized carbons (Fsp3) is 0.667. The number of ether oxygens (including phenoxy) is 5. The van der Waals surface area contributed by atoms with Gasteiger partial charge in [0, 0.05) is 31.3 Å². The van der Waals surface area contributed by atoms with Crippen molar-refractivity contribution >= 4 is 29.8 Å². The lowest BCUT2D eigenvalue weighted by Gasteiger charge is -2.31. The molecule has 56 heavy (non-hydrogen) atoms. The summed E-state index contributed by atoms with van der Waals surface area (Å²) in [6, 6.07) is 4.42. The SMILES string of the molecule is CCCCCC1(CCCCC)OC2C=C(C(=O)NC(C(=O)NC(CO)CCC(=O)OC(C)(C)C)C(C)O)CC(OC(=O)c3ccc(C=COCCO)cc3)C2O1. The van der Waals surface area contributed by atoms with Gasteiger partial charge in [0.25, 0.3) is 0 Å². The van der Waals surface area contributed by atoms with Gasteiger partial charge in [-0.05, 0) is 76.8 Å². The minimum Gasteiger partial charge on any atom is -0.499 e. The smallest absolute Gasteiger partial charge is 0.338 e. The number of amides is 2. The Kier molecular flexibility index (Phi) is 19.0. The molecule has 1 aromatic rings. The summed E-state index contributed by atoms with van der Waals surface area (Å²) < 4.78 is 29.9. The first kappa shape index (κ1) is 46.6. The molecule has 314 valence electrons. The molecule has 14 heteroatoms. The van der Waals surface area contributed by atoms with Crippen LogP contribution in [0, 0.1) is 0 Å². The van der Waals surface area contributed by atoms with Crippen LogP contribution in [0.25, 0.3) is 6.08 Å². The van der Waals surface area contributed by atoms with E-state index in [4.69, 9.17) is 28.8 Å². The highest BCUT2D eigenvalue weighted by atomic mass is 16.8. The molecule has 6 atom stereocenters. The van der Waals surface area contributed by atoms with Crippen molar-refractivity contribution in [3.63, 3.8) is 0 Å². The maximum Gasteiger partial charge on any atom is 0.338 e. The Balaban J connectivity index is 1.83. The van der Waals surface area contributed by atoms with E-state index in [0.29, 0.717) is 12.8 Å². The van der Waals surface area contributed by atoms with E-state index < -0.39 is 78.2 Å². The number of hydrogen-bond donors (Lipinski definition) is 5. The highest BCUT2D eigenvalue weighted by Crippen LogP contribution is 2.43. The normalized spacial score (nSPS) is 20.7. The Morgan fingerprint density at radius 1 is 0.982 bits per heavy atom. The van der Waals surface area contributed by atoms with Crippen LogP contribution in [0.4, 0.5) is 0 Å². The molecule has 3 rings (SSSR count). The molecule has 1 saturated heterocycles. The van der Waals surface area contributed by atoms with E-state index in [0.717, 1.165) is 44.1 Å². The van der Waals surface area contributed by atoms with E-state index in [9.17, 15) is 29.4 Å². The van der Waals surface area contributed by atoms with E-state index in [1.165, 1.54) is 13.2 Å². The molecule has 0 aromatic heterocycles. The maximum atomic E-state index is 13.9. The van der Waals surface area contributed by atoms with Crippen LogP contribution in [0.5, 0.6) is 0 Å². The monoisotopic (exact) mass is 788 g/mol. The number of esters is 2. The third kappa shape index (κ3) is 14.9. The van der Waals surface area contributed by atoms with E-state index in [1.807, 2.05) is 0 Å². The summed E-state index contributed by atoms with van der Waals surface area (Å²) in [5, 5.41) is 34.7. The average Bonchev–Trinajstić information content (AvgIpc) is 3.52. The summed E-state index contributed by atoms with van der Waals surface area (Å²) in [6.45, 7) is 10.4. The Bertz CT molecular complexity index is 1460. The molecular weight excluding hydrogens is 724 g/mol. The maximum absolute atomic E-state index is 13.9. The summed E-state index contributed by atoms with van der Waals surface area (Å²) in [5.41, 5.74) is 0.545. The van der Waals surface area contributed by atoms with Gasteiger partial charge in [-0.2, -0.15) is 0 Å². The van der Waals surface area contributed by atoms with Gasteiger partial charge in [-0.25, -0.2) is 4.79 Å². The zero-order valence-electron chi connectivity index (χ0n) is 33.9. The molecule has 1 fully saturated rings. The van der Waals surface area contributed by atoms with Crippen LogP contribution in [0.3, 0.4) is 0 Å². The summed E-state index contributed by atoms with van der Waals surface area (Å²) in [7, 11) is 0. The van der Waals surface area contributed by atoms with Crippen molar-refractivity contribution < 1.29 is 58.2 Å². The summed E-state index contributed by atoms with van der Waals surface area (Å²) >= 11 is 0. The molecular formula is C42H64N2O12. The molecule has 1 heterocycles. The number of benzene rings is 1. The third-order valence-corrected chi connectivity index (χ3v) is 9.50. The largest absolute Gasteiger partial charge is 0.499 e. The van der Waals surface area contributed by atoms with E-state index in [2.05, 4.69) is 24.5 Å². The lowest BCUT2D eigenvalue weighted by atomic mass is 9.91. The predicted molar refractivity (Wildman–Crippen MR) is 209 cm³/mol. The van der Waals surface area contributed by atoms with Gasteiger partial charge in [0.1, 0.15) is 36.6 Å². The number of carbonyl (C=O) groups is 4. The highest BCUT2D eigenvalue weighted by Gasteiger charge is 2.52. The van der Waals surface area contributed by atoms with Crippen molar-refractivity contribution in [2.45, 2.75) is 160 Å². The van der Waals surface area contributed by atoms with E-state index >= 15 is 0 Å². The van der Waals surface area contributed by atoms with Gasteiger partial charge < -0.3 is 49.6 Å². The molecule has 0 spiro atoms. The second-order valence-electron chi connectivity index (χ2n) is 15.6. The van der Waals surface area contributed by atoms with Crippen LogP contribution in [-0.4, -0.2) is 107 Å². The van der Waals surface area contributed by atoms with Crippen molar-refractivity contribution in [1.82, 2.24) is 10.6 Å². The quantitative estimate of drug-likeness (QED) is 0.0587. The Labute approximate surface area is 331 Å². The fourth-order valence-electron chi connectivity index (χ4n) is 6.61. The molecule has 2 aliphatic rings. The van der Waals surface area contributed by atoms with Gasteiger partial charge in [0.15, 0.2) is 5.79 Å². The van der Waals surface area contributed by atoms with E-state index in [1.54, 1.807) is 57.2 Å². The van der Waals surface area contributed by atoms with Gasteiger partial charge in [-0.1, -0.05) is 51.7 Å². The van der Waals surface area contributed by atoms with Crippen LogP contribution in [0.15, 0.2) is 42.2 Å². The number of rotatable bonds is 23. The molecule has 6 unspecified atom stereocenters. The van der Waals surface area contributed by atoms with Crippen molar-refractivity contribution in [3.8, 4) is 0 Å². The number of nitrogens with one attached hydrogen (secondary N) is 2. The van der Waals surface area contributed by atoms with Gasteiger partial charge in [0.2, 0.25) is 11.8 Å². The number of unbranched alkanes of at least 4 members (excludes halogenated alkanes) is 4. The van der Waals surface area contributed by atoms with E-state index in [-0.39, 0.29) is 43.6 Å². The minimum absolute atomic E-state index is 0.0472. The standard InChI is InChI=1S/C42H64N2O12/c1-7-9-11-20-42(21-12-10-8-2)54-34-26-31(25-33(37(34)56-42)53-40(51)30-15-13-29(14-16-30)19-23-52-24-22-45)38(49)44-36(28(3)47)39(50)43-32(27-46)17-18-35(48)55-41(4,5)6/h13-16,19,23,26,28,32-34,36-37,45-47H,7-12,17-18,20-22,24-25,27H2,1-6H3,(H,43,50)(H,44,49). The molecule has 0 saturated carbocycles. The summed E-state index contributed by atoms with van der Waals surface area (Å²) in [6.07, 6.45) is 8.08. The van der Waals surface area contributed by atoms with Crippen molar-refractivity contribution in [1.29, 1.82) is 0 Å². The van der Waals surface area contributed by atoms with Gasteiger partial charge >= 0.3 is 11.9 Å². The number of aliphatic hydroxyl groups excluding tert-OH is 3. The first-order valence-electron chi connectivity index (χ1n) is 20.0. The van der Waals surface area contributed by atoms with Crippen LogP contribution in [-0.2, 0) is 38.1 Å². The van der Waals surface area contributed by atoms with Gasteiger partial charge in [-0.15, -0.1) is 0 Å². The zero-order chi connectivity index (χ0) is 41.3. The fourth-order valence-corrected chi connectivity index (χ4v) is 6.61. The van der Waals surface area contributed by atoms with Crippen LogP contribution < -0.4 is 10.6 Å². The van der Waals surface area contributed by atoms with Crippen molar-refractivity contribution in [3.05, 3.63) is 53.3 Å². The molecule has 5 N–H and O–H groups in total. The average molecular weight is 789 g/mol. The third-order valence-electron chi connectivity index (χ3n) is 9.50. The van der Waals surface area contributed by atoms with Gasteiger partial charge in [-0.3, -0.25) is 14.4 Å². The molecule has 1 aliphatic carbocycles. The number of aliphatic hydroxyl groups is 3. The van der Waals surface area contributed by atoms with Crippen LogP contribution in [0.2, 0.25) is 0 Å². The number of fused-ring (bicyclic) bond motifs is 1. The van der Waals surface area contributed by atoms with Crippen molar-refractivity contribution in [2.24, 2.45) is 0 Å². The number of carbonyl (C=O) groups excluding carboxylic acids is 4. The summed E-state index contributed by atoms with van der Waals surface area (Å²) in [5.74, 6) is -3.46. The molecule has 14 nitrogen and oxygen atoms in total. The minimum atomic E-state index is -1.41. The molecule has 0 radical (unpaired) electrons. The molecule has 2 amide bonds. The van der Waals surface area contributed by atoms with Crippen LogP contribution >= 0.6 is 0 Å². The molecule has 1 aliphatic heterocycles. The zero-order valence-corrected chi connectivity index (χ0v) is 33.9. The molecule has 0 bridgehead atoms. The molecule has 1 aromatic carbocycles. The first-order chi connectivity index (χ1) is 26.6. The number of hydrogen-bond acceptors (Lipinski definition) is 12. The lowest BCUT2D eigenvalue weighted by molar-refractivity contribution is -0.190. The second kappa shape index (κ2) is 22.8. The Morgan fingerprint density at radius 3 is 2.21 bits per heavy atom. The second-order valence-corrected chi connectivity index (χ2v) is 15.6. The topological polar surface area (TPSA) is 199 Å². The summed E-state index contributed by atoms with van der Waals surface area (Å²) in [4.78, 5) is 53.1. The Hall–Kier alpha value is -3.82. The predicted octanol–water partition coefficient (Wildman–Crippen LogP) is 4.63. The highest BCUT2D eigenvalue weighted by molar-refractivity contribution is 5.97. The lowest BCUT2D eigenvalue weighted by Crippen LogP contribution is -2.55. The van der Waals surface area contributed by atoms with Crippen LogP contribution in [0.1, 0.15) is 128 Å². The first-order valence-corrected chi connectivity index (χ1v) is 20.0. The van der Waals surface area contributed by atoms with Gasteiger partial charge in [0.05, 0.1) is 37.2 Å². The van der Waals surface area contributed by atoms with Crippen molar-refractivity contribution in [2.75, 3.05) is 19.8 Å². The Morgan fingerprint density at radius 2 is 1.64 bits per heavy atom.